The van der Waals surface area contributed by atoms with Gasteiger partial charge in [0.05, 0.1) is 16.3 Å². The van der Waals surface area contributed by atoms with Crippen LogP contribution in [0.15, 0.2) is 53.6 Å². The van der Waals surface area contributed by atoms with E-state index in [0.717, 1.165) is 39.3 Å². The number of hydrogen-bond donors (Lipinski definition) is 0. The van der Waals surface area contributed by atoms with Crippen LogP contribution in [-0.2, 0) is 17.2 Å². The molecule has 0 aliphatic rings. The molecule has 0 saturated heterocycles. The van der Waals surface area contributed by atoms with Gasteiger partial charge in [-0.2, -0.15) is 0 Å². The molecule has 0 aliphatic carbocycles. The first-order valence-corrected chi connectivity index (χ1v) is 9.48. The minimum absolute atomic E-state index is 0.597. The molecule has 0 bridgehead atoms. The fourth-order valence-corrected chi connectivity index (χ4v) is 3.46. The van der Waals surface area contributed by atoms with Crippen LogP contribution in [0, 0.1) is 6.92 Å². The highest BCUT2D eigenvalue weighted by Crippen LogP contribution is 2.32. The Labute approximate surface area is 145 Å². The van der Waals surface area contributed by atoms with Gasteiger partial charge < -0.3 is 4.74 Å². The second-order valence-electron chi connectivity index (χ2n) is 5.68. The van der Waals surface area contributed by atoms with Crippen LogP contribution < -0.4 is 4.74 Å². The van der Waals surface area contributed by atoms with E-state index < -0.39 is 10.8 Å². The molecule has 3 aromatic rings. The van der Waals surface area contributed by atoms with E-state index in [1.807, 2.05) is 37.3 Å². The van der Waals surface area contributed by atoms with Gasteiger partial charge in [-0.15, -0.1) is 0 Å². The van der Waals surface area contributed by atoms with Crippen molar-refractivity contribution in [3.05, 3.63) is 59.8 Å². The zero-order valence-electron chi connectivity index (χ0n) is 14.2. The highest BCUT2D eigenvalue weighted by molar-refractivity contribution is 7.85. The molecule has 4 heteroatoms. The van der Waals surface area contributed by atoms with Crippen molar-refractivity contribution in [3.63, 3.8) is 0 Å². The van der Waals surface area contributed by atoms with Gasteiger partial charge in [0.15, 0.2) is 0 Å². The molecule has 0 spiro atoms. The highest BCUT2D eigenvalue weighted by Gasteiger charge is 2.10. The summed E-state index contributed by atoms with van der Waals surface area (Å²) in [5.41, 5.74) is 3.24. The number of aryl methyl sites for hydroxylation is 2. The van der Waals surface area contributed by atoms with Crippen molar-refractivity contribution in [2.45, 2.75) is 32.1 Å². The quantitative estimate of drug-likeness (QED) is 0.655. The van der Waals surface area contributed by atoms with Gasteiger partial charge in [0.25, 0.3) is 0 Å². The van der Waals surface area contributed by atoms with Gasteiger partial charge >= 0.3 is 0 Å². The van der Waals surface area contributed by atoms with Crippen molar-refractivity contribution in [3.8, 4) is 11.5 Å². The summed E-state index contributed by atoms with van der Waals surface area (Å²) < 4.78 is 18.3. The van der Waals surface area contributed by atoms with Crippen molar-refractivity contribution < 1.29 is 8.95 Å². The number of nitrogens with zero attached hydrogens (tertiary/aromatic N) is 1. The first-order valence-electron chi connectivity index (χ1n) is 8.17. The average Bonchev–Trinajstić information content (AvgIpc) is 2.62. The van der Waals surface area contributed by atoms with Gasteiger partial charge in [0, 0.05) is 22.2 Å². The molecule has 1 atom stereocenters. The Hall–Kier alpha value is -2.20. The number of fused-ring (bicyclic) bond motifs is 1. The van der Waals surface area contributed by atoms with Crippen molar-refractivity contribution in [1.82, 2.24) is 4.98 Å². The van der Waals surface area contributed by atoms with Crippen molar-refractivity contribution >= 4 is 21.7 Å². The van der Waals surface area contributed by atoms with Crippen LogP contribution in [0.1, 0.15) is 25.0 Å². The lowest BCUT2D eigenvalue weighted by Gasteiger charge is -2.12. The van der Waals surface area contributed by atoms with Crippen LogP contribution in [0.5, 0.6) is 11.5 Å². The van der Waals surface area contributed by atoms with Crippen molar-refractivity contribution in [2.24, 2.45) is 0 Å². The van der Waals surface area contributed by atoms with Gasteiger partial charge in [-0.05, 0) is 54.8 Å². The molecule has 0 radical (unpaired) electrons. The van der Waals surface area contributed by atoms with Gasteiger partial charge in [-0.1, -0.05) is 26.0 Å². The summed E-state index contributed by atoms with van der Waals surface area (Å²) in [5, 5.41) is 0.885. The van der Waals surface area contributed by atoms with Crippen LogP contribution in [0.2, 0.25) is 0 Å². The number of aromatic nitrogens is 1. The normalized spacial score (nSPS) is 12.3. The molecule has 1 heterocycles. The average molecular weight is 339 g/mol. The minimum atomic E-state index is -0.993. The Kier molecular flexibility index (Phi) is 4.95. The van der Waals surface area contributed by atoms with E-state index >= 15 is 0 Å². The predicted octanol–water partition coefficient (Wildman–Crippen LogP) is 5.03. The summed E-state index contributed by atoms with van der Waals surface area (Å²) >= 11 is 0. The van der Waals surface area contributed by atoms with Crippen molar-refractivity contribution in [1.29, 1.82) is 0 Å². The van der Waals surface area contributed by atoms with Gasteiger partial charge in [0.2, 0.25) is 0 Å². The maximum absolute atomic E-state index is 12.1. The maximum Gasteiger partial charge on any atom is 0.138 e. The molecule has 0 amide bonds. The molecule has 24 heavy (non-hydrogen) atoms. The molecule has 124 valence electrons. The molecule has 0 fully saturated rings. The lowest BCUT2D eigenvalue weighted by Crippen LogP contribution is -1.95. The van der Waals surface area contributed by atoms with Crippen LogP contribution in [-0.4, -0.2) is 14.9 Å². The molecule has 0 aliphatic heterocycles. The summed E-state index contributed by atoms with van der Waals surface area (Å²) in [7, 11) is -0.993. The molecule has 3 rings (SSSR count). The lowest BCUT2D eigenvalue weighted by atomic mass is 10.1. The summed E-state index contributed by atoms with van der Waals surface area (Å²) in [4.78, 5) is 5.19. The Balaban J connectivity index is 2.04. The molecule has 1 aromatic heterocycles. The Morgan fingerprint density at radius 2 is 1.88 bits per heavy atom. The fourth-order valence-electron chi connectivity index (χ4n) is 2.66. The summed E-state index contributed by atoms with van der Waals surface area (Å²) in [6.45, 7) is 6.11. The van der Waals surface area contributed by atoms with Crippen LogP contribution >= 0.6 is 0 Å². The Morgan fingerprint density at radius 1 is 1.04 bits per heavy atom. The third-order valence-corrected chi connectivity index (χ3v) is 5.37. The SMILES string of the molecule is CCc1ccc(Oc2ccnc3ccc(S(=O)CC)cc23)c(C)c1. The van der Waals surface area contributed by atoms with E-state index in [0.29, 0.717) is 5.75 Å². The third kappa shape index (κ3) is 3.34. The monoisotopic (exact) mass is 339 g/mol. The molecule has 3 nitrogen and oxygen atoms in total. The number of ether oxygens (including phenoxy) is 1. The first-order chi connectivity index (χ1) is 11.6. The Bertz CT molecular complexity index is 905. The molecule has 2 aromatic carbocycles. The minimum Gasteiger partial charge on any atom is -0.456 e. The first kappa shape index (κ1) is 16.7. The van der Waals surface area contributed by atoms with E-state index in [9.17, 15) is 4.21 Å². The van der Waals surface area contributed by atoms with E-state index in [-0.39, 0.29) is 0 Å². The molecule has 0 N–H and O–H groups in total. The second-order valence-corrected chi connectivity index (χ2v) is 7.42. The van der Waals surface area contributed by atoms with Gasteiger partial charge in [-0.25, -0.2) is 0 Å². The summed E-state index contributed by atoms with van der Waals surface area (Å²) in [5.74, 6) is 2.17. The molecule has 1 unspecified atom stereocenters. The number of rotatable bonds is 5. The van der Waals surface area contributed by atoms with E-state index in [1.54, 1.807) is 6.20 Å². The smallest absolute Gasteiger partial charge is 0.138 e. The lowest BCUT2D eigenvalue weighted by molar-refractivity contribution is 0.483. The standard InChI is InChI=1S/C20H21NO2S/c1-4-15-6-9-19(14(3)12-15)23-20-10-11-21-18-8-7-16(13-17(18)20)24(22)5-2/h6-13H,4-5H2,1-3H3. The number of hydrogen-bond acceptors (Lipinski definition) is 3. The summed E-state index contributed by atoms with van der Waals surface area (Å²) in [6, 6.07) is 13.8. The number of benzene rings is 2. The highest BCUT2D eigenvalue weighted by atomic mass is 32.2. The molecular weight excluding hydrogens is 318 g/mol. The maximum atomic E-state index is 12.1. The molecule has 0 saturated carbocycles. The zero-order chi connectivity index (χ0) is 17.1. The van der Waals surface area contributed by atoms with Crippen LogP contribution in [0.25, 0.3) is 10.9 Å². The van der Waals surface area contributed by atoms with Crippen LogP contribution in [0.3, 0.4) is 0 Å². The molecular formula is C20H21NO2S. The summed E-state index contributed by atoms with van der Waals surface area (Å²) in [6.07, 6.45) is 2.75. The number of pyridine rings is 1. The zero-order valence-corrected chi connectivity index (χ0v) is 15.0. The Morgan fingerprint density at radius 3 is 2.58 bits per heavy atom. The largest absolute Gasteiger partial charge is 0.456 e. The van der Waals surface area contributed by atoms with E-state index in [4.69, 9.17) is 4.74 Å². The van der Waals surface area contributed by atoms with Gasteiger partial charge in [-0.3, -0.25) is 9.19 Å². The fraction of sp³-hybridized carbons (Fsp3) is 0.250. The second kappa shape index (κ2) is 7.14. The van der Waals surface area contributed by atoms with E-state index in [2.05, 4.69) is 31.0 Å². The topological polar surface area (TPSA) is 39.2 Å². The van der Waals surface area contributed by atoms with Gasteiger partial charge in [0.1, 0.15) is 11.5 Å². The van der Waals surface area contributed by atoms with E-state index in [1.165, 1.54) is 5.56 Å². The third-order valence-electron chi connectivity index (χ3n) is 4.07. The predicted molar refractivity (Wildman–Crippen MR) is 99.3 cm³/mol. The van der Waals surface area contributed by atoms with Crippen LogP contribution in [0.4, 0.5) is 0 Å². The van der Waals surface area contributed by atoms with Crippen molar-refractivity contribution in [2.75, 3.05) is 5.75 Å².